The fourth-order valence-corrected chi connectivity index (χ4v) is 2.28. The zero-order valence-corrected chi connectivity index (χ0v) is 12.1. The molecule has 7 nitrogen and oxygen atoms in total. The Morgan fingerprint density at radius 2 is 1.78 bits per heavy atom. The van der Waals surface area contributed by atoms with Gasteiger partial charge in [-0.1, -0.05) is 12.1 Å². The summed E-state index contributed by atoms with van der Waals surface area (Å²) in [6, 6.07) is 6.10. The van der Waals surface area contributed by atoms with Crippen molar-refractivity contribution in [3.8, 4) is 11.5 Å². The molecule has 0 heterocycles. The predicted octanol–water partition coefficient (Wildman–Crippen LogP) is 2.99. The maximum absolute atomic E-state index is 12.4. The molecular weight excluding hydrogens is 343 g/mol. The Morgan fingerprint density at radius 1 is 1.17 bits per heavy atom. The molecular formula is C12H8F3NO6S. The number of benzene rings is 2. The molecule has 0 amide bonds. The fourth-order valence-electron chi connectivity index (χ4n) is 1.81. The summed E-state index contributed by atoms with van der Waals surface area (Å²) in [6.07, 6.45) is 0. The minimum atomic E-state index is -6.03. The first kappa shape index (κ1) is 16.8. The van der Waals surface area contributed by atoms with Crippen LogP contribution in [0.1, 0.15) is 0 Å². The SMILES string of the molecule is COc1ccc2ccc(OS(=O)(=O)C(F)(F)F)c([N+](=O)[O-])c2c1. The van der Waals surface area contributed by atoms with Crippen molar-refractivity contribution in [3.05, 3.63) is 40.4 Å². The van der Waals surface area contributed by atoms with Gasteiger partial charge in [-0.2, -0.15) is 21.6 Å². The van der Waals surface area contributed by atoms with Crippen LogP contribution in [-0.4, -0.2) is 26.0 Å². The van der Waals surface area contributed by atoms with Gasteiger partial charge >= 0.3 is 21.3 Å². The van der Waals surface area contributed by atoms with Gasteiger partial charge in [-0.25, -0.2) is 0 Å². The maximum Gasteiger partial charge on any atom is 0.534 e. The Bertz CT molecular complexity index is 878. The molecule has 0 bridgehead atoms. The van der Waals surface area contributed by atoms with Crippen LogP contribution in [0.2, 0.25) is 0 Å². The minimum Gasteiger partial charge on any atom is -0.497 e. The molecule has 0 atom stereocenters. The van der Waals surface area contributed by atoms with Gasteiger partial charge in [0.05, 0.1) is 17.4 Å². The van der Waals surface area contributed by atoms with Crippen molar-refractivity contribution in [2.45, 2.75) is 5.51 Å². The van der Waals surface area contributed by atoms with Crippen LogP contribution >= 0.6 is 0 Å². The third-order valence-electron chi connectivity index (χ3n) is 2.83. The Labute approximate surface area is 127 Å². The number of nitro groups is 1. The molecule has 11 heteroatoms. The van der Waals surface area contributed by atoms with E-state index in [1.165, 1.54) is 31.4 Å². The highest BCUT2D eigenvalue weighted by Gasteiger charge is 2.49. The molecule has 0 unspecified atom stereocenters. The van der Waals surface area contributed by atoms with Crippen LogP contribution in [0.25, 0.3) is 10.8 Å². The van der Waals surface area contributed by atoms with Gasteiger partial charge in [-0.3, -0.25) is 10.1 Å². The van der Waals surface area contributed by atoms with Crippen LogP contribution in [0.3, 0.4) is 0 Å². The molecule has 0 radical (unpaired) electrons. The Balaban J connectivity index is 2.70. The van der Waals surface area contributed by atoms with E-state index in [4.69, 9.17) is 4.74 Å². The van der Waals surface area contributed by atoms with Crippen molar-refractivity contribution in [2.24, 2.45) is 0 Å². The lowest BCUT2D eigenvalue weighted by molar-refractivity contribution is -0.383. The lowest BCUT2D eigenvalue weighted by atomic mass is 10.1. The summed E-state index contributed by atoms with van der Waals surface area (Å²) >= 11 is 0. The average Bonchev–Trinajstić information content (AvgIpc) is 2.44. The molecule has 0 spiro atoms. The van der Waals surface area contributed by atoms with Crippen molar-refractivity contribution in [3.63, 3.8) is 0 Å². The van der Waals surface area contributed by atoms with E-state index in [1.54, 1.807) is 0 Å². The molecule has 0 aliphatic carbocycles. The Hall–Kier alpha value is -2.56. The van der Waals surface area contributed by atoms with E-state index in [0.717, 1.165) is 6.07 Å². The zero-order chi connectivity index (χ0) is 17.4. The smallest absolute Gasteiger partial charge is 0.497 e. The van der Waals surface area contributed by atoms with Crippen molar-refractivity contribution in [1.29, 1.82) is 0 Å². The molecule has 0 aliphatic rings. The third-order valence-corrected chi connectivity index (χ3v) is 3.79. The van der Waals surface area contributed by atoms with Crippen LogP contribution in [0, 0.1) is 10.1 Å². The number of halogens is 3. The van der Waals surface area contributed by atoms with Crippen molar-refractivity contribution < 1.29 is 35.4 Å². The van der Waals surface area contributed by atoms with Gasteiger partial charge < -0.3 is 8.92 Å². The maximum atomic E-state index is 12.4. The number of nitro benzene ring substituents is 1. The summed E-state index contributed by atoms with van der Waals surface area (Å²) in [5, 5.41) is 11.4. The van der Waals surface area contributed by atoms with Crippen LogP contribution in [0.15, 0.2) is 30.3 Å². The number of rotatable bonds is 4. The first-order valence-electron chi connectivity index (χ1n) is 5.83. The molecule has 2 rings (SSSR count). The zero-order valence-electron chi connectivity index (χ0n) is 11.3. The number of alkyl halides is 3. The molecule has 0 fully saturated rings. The lowest BCUT2D eigenvalue weighted by Crippen LogP contribution is -2.28. The average molecular weight is 351 g/mol. The summed E-state index contributed by atoms with van der Waals surface area (Å²) < 4.78 is 68.1. The molecule has 23 heavy (non-hydrogen) atoms. The number of ether oxygens (including phenoxy) is 1. The predicted molar refractivity (Wildman–Crippen MR) is 72.8 cm³/mol. The largest absolute Gasteiger partial charge is 0.534 e. The lowest BCUT2D eigenvalue weighted by Gasteiger charge is -2.11. The van der Waals surface area contributed by atoms with E-state index >= 15 is 0 Å². The Morgan fingerprint density at radius 3 is 2.30 bits per heavy atom. The summed E-state index contributed by atoms with van der Waals surface area (Å²) in [7, 11) is -4.73. The van der Waals surface area contributed by atoms with E-state index < -0.39 is 32.0 Å². The summed E-state index contributed by atoms with van der Waals surface area (Å²) in [5.41, 5.74) is -6.61. The standard InChI is InChI=1S/C12H8F3NO6S/c1-21-8-4-2-7-3-5-10(11(16(17)18)9(7)6-8)22-23(19,20)12(13,14)15/h2-6H,1H3. The third kappa shape index (κ3) is 3.13. The van der Waals surface area contributed by atoms with Crippen molar-refractivity contribution in [2.75, 3.05) is 7.11 Å². The number of fused-ring (bicyclic) bond motifs is 1. The normalized spacial score (nSPS) is 12.2. The van der Waals surface area contributed by atoms with Crippen LogP contribution in [0.4, 0.5) is 18.9 Å². The number of methoxy groups -OCH3 is 1. The summed E-state index contributed by atoms with van der Waals surface area (Å²) in [4.78, 5) is 10.2. The Kier molecular flexibility index (Phi) is 4.07. The fraction of sp³-hybridized carbons (Fsp3) is 0.167. The van der Waals surface area contributed by atoms with Crippen LogP contribution in [-0.2, 0) is 10.1 Å². The molecule has 124 valence electrons. The molecule has 2 aromatic rings. The van der Waals surface area contributed by atoms with E-state index in [1.807, 2.05) is 0 Å². The number of hydrogen-bond donors (Lipinski definition) is 0. The van der Waals surface area contributed by atoms with Gasteiger partial charge in [0, 0.05) is 0 Å². The first-order valence-corrected chi connectivity index (χ1v) is 7.23. The van der Waals surface area contributed by atoms with Crippen molar-refractivity contribution >= 4 is 26.6 Å². The number of nitrogens with zero attached hydrogens (tertiary/aromatic N) is 1. The second-order valence-electron chi connectivity index (χ2n) is 4.24. The van der Waals surface area contributed by atoms with E-state index in [-0.39, 0.29) is 11.1 Å². The molecule has 0 aromatic heterocycles. The highest BCUT2D eigenvalue weighted by Crippen LogP contribution is 2.39. The van der Waals surface area contributed by atoms with Gasteiger partial charge in [0.15, 0.2) is 0 Å². The topological polar surface area (TPSA) is 95.7 Å². The van der Waals surface area contributed by atoms with Gasteiger partial charge in [0.1, 0.15) is 5.75 Å². The van der Waals surface area contributed by atoms with Crippen molar-refractivity contribution in [1.82, 2.24) is 0 Å². The van der Waals surface area contributed by atoms with Gasteiger partial charge in [0.2, 0.25) is 5.75 Å². The summed E-state index contributed by atoms with van der Waals surface area (Å²) in [5.74, 6) is -0.829. The molecule has 0 aliphatic heterocycles. The quantitative estimate of drug-likeness (QED) is 0.364. The van der Waals surface area contributed by atoms with Gasteiger partial charge in [-0.15, -0.1) is 0 Å². The second kappa shape index (κ2) is 5.57. The van der Waals surface area contributed by atoms with E-state index in [0.29, 0.717) is 5.39 Å². The van der Waals surface area contributed by atoms with E-state index in [9.17, 15) is 31.7 Å². The minimum absolute atomic E-state index is 0.121. The van der Waals surface area contributed by atoms with Crippen LogP contribution in [0.5, 0.6) is 11.5 Å². The van der Waals surface area contributed by atoms with Gasteiger partial charge in [-0.05, 0) is 23.6 Å². The molecule has 0 saturated carbocycles. The highest BCUT2D eigenvalue weighted by molar-refractivity contribution is 7.88. The summed E-state index contributed by atoms with van der Waals surface area (Å²) in [6.45, 7) is 0. The van der Waals surface area contributed by atoms with Crippen LogP contribution < -0.4 is 8.92 Å². The molecule has 0 N–H and O–H groups in total. The number of hydrogen-bond acceptors (Lipinski definition) is 6. The molecule has 2 aromatic carbocycles. The van der Waals surface area contributed by atoms with E-state index in [2.05, 4.69) is 4.18 Å². The highest BCUT2D eigenvalue weighted by atomic mass is 32.2. The molecule has 0 saturated heterocycles. The second-order valence-corrected chi connectivity index (χ2v) is 5.78. The monoisotopic (exact) mass is 351 g/mol. The first-order chi connectivity index (χ1) is 10.6. The van der Waals surface area contributed by atoms with Gasteiger partial charge in [0.25, 0.3) is 0 Å².